The van der Waals surface area contributed by atoms with Crippen molar-refractivity contribution in [2.75, 3.05) is 11.9 Å². The SMILES string of the molecule is CCCCC(CN)Nc1nc(C)cnc1C. The molecular formula is C12H22N4. The van der Waals surface area contributed by atoms with E-state index in [-0.39, 0.29) is 0 Å². The molecule has 0 fully saturated rings. The van der Waals surface area contributed by atoms with Crippen LogP contribution in [0.1, 0.15) is 37.6 Å². The average molecular weight is 222 g/mol. The summed E-state index contributed by atoms with van der Waals surface area (Å²) in [7, 11) is 0. The van der Waals surface area contributed by atoms with Crippen LogP contribution in [0.4, 0.5) is 5.82 Å². The van der Waals surface area contributed by atoms with Gasteiger partial charge in [0.1, 0.15) is 5.82 Å². The van der Waals surface area contributed by atoms with Crippen LogP contribution in [0.2, 0.25) is 0 Å². The zero-order valence-corrected chi connectivity index (χ0v) is 10.5. The van der Waals surface area contributed by atoms with E-state index in [9.17, 15) is 0 Å². The van der Waals surface area contributed by atoms with Gasteiger partial charge in [-0.05, 0) is 20.3 Å². The first-order chi connectivity index (χ1) is 7.67. The Bertz CT molecular complexity index is 325. The first kappa shape index (κ1) is 12.9. The molecule has 0 aliphatic carbocycles. The summed E-state index contributed by atoms with van der Waals surface area (Å²) in [4.78, 5) is 8.72. The van der Waals surface area contributed by atoms with E-state index in [1.807, 2.05) is 13.8 Å². The van der Waals surface area contributed by atoms with E-state index in [4.69, 9.17) is 5.73 Å². The molecule has 0 saturated heterocycles. The van der Waals surface area contributed by atoms with Crippen LogP contribution in [0.15, 0.2) is 6.20 Å². The maximum atomic E-state index is 5.74. The Labute approximate surface area is 97.7 Å². The molecule has 4 nitrogen and oxygen atoms in total. The van der Waals surface area contributed by atoms with Crippen molar-refractivity contribution in [1.29, 1.82) is 0 Å². The van der Waals surface area contributed by atoms with E-state index >= 15 is 0 Å². The number of hydrogen-bond donors (Lipinski definition) is 2. The number of unbranched alkanes of at least 4 members (excludes halogenated alkanes) is 1. The van der Waals surface area contributed by atoms with Crippen LogP contribution in [0, 0.1) is 13.8 Å². The molecule has 0 aliphatic heterocycles. The van der Waals surface area contributed by atoms with Gasteiger partial charge in [0, 0.05) is 18.8 Å². The summed E-state index contributed by atoms with van der Waals surface area (Å²) in [5.74, 6) is 0.867. The van der Waals surface area contributed by atoms with Gasteiger partial charge in [-0.3, -0.25) is 4.98 Å². The Morgan fingerprint density at radius 3 is 2.81 bits per heavy atom. The second kappa shape index (κ2) is 6.43. The van der Waals surface area contributed by atoms with Gasteiger partial charge in [-0.1, -0.05) is 19.8 Å². The molecule has 0 aromatic carbocycles. The number of rotatable bonds is 6. The smallest absolute Gasteiger partial charge is 0.148 e. The lowest BCUT2D eigenvalue weighted by molar-refractivity contribution is 0.611. The van der Waals surface area contributed by atoms with Gasteiger partial charge in [0.15, 0.2) is 0 Å². The monoisotopic (exact) mass is 222 g/mol. The quantitative estimate of drug-likeness (QED) is 0.773. The molecule has 1 atom stereocenters. The molecule has 0 aliphatic rings. The Morgan fingerprint density at radius 1 is 1.44 bits per heavy atom. The maximum absolute atomic E-state index is 5.74. The fourth-order valence-corrected chi connectivity index (χ4v) is 1.57. The zero-order valence-electron chi connectivity index (χ0n) is 10.5. The number of nitrogens with one attached hydrogen (secondary N) is 1. The molecule has 0 radical (unpaired) electrons. The fourth-order valence-electron chi connectivity index (χ4n) is 1.57. The molecule has 1 rings (SSSR count). The predicted octanol–water partition coefficient (Wildman–Crippen LogP) is 2.02. The van der Waals surface area contributed by atoms with Crippen LogP contribution in [0.3, 0.4) is 0 Å². The number of aromatic nitrogens is 2. The van der Waals surface area contributed by atoms with Gasteiger partial charge >= 0.3 is 0 Å². The number of anilines is 1. The Kier molecular flexibility index (Phi) is 5.19. The largest absolute Gasteiger partial charge is 0.365 e. The van der Waals surface area contributed by atoms with E-state index in [0.717, 1.165) is 23.6 Å². The highest BCUT2D eigenvalue weighted by atomic mass is 15.1. The molecule has 4 heteroatoms. The van der Waals surface area contributed by atoms with Gasteiger partial charge in [0.25, 0.3) is 0 Å². The molecule has 0 spiro atoms. The molecule has 90 valence electrons. The van der Waals surface area contributed by atoms with Crippen molar-refractivity contribution in [1.82, 2.24) is 9.97 Å². The van der Waals surface area contributed by atoms with Gasteiger partial charge in [-0.15, -0.1) is 0 Å². The molecule has 3 N–H and O–H groups in total. The van der Waals surface area contributed by atoms with E-state index in [0.29, 0.717) is 12.6 Å². The van der Waals surface area contributed by atoms with Gasteiger partial charge < -0.3 is 11.1 Å². The summed E-state index contributed by atoms with van der Waals surface area (Å²) in [6.07, 6.45) is 5.25. The van der Waals surface area contributed by atoms with E-state index in [1.54, 1.807) is 6.20 Å². The lowest BCUT2D eigenvalue weighted by Gasteiger charge is -2.18. The highest BCUT2D eigenvalue weighted by molar-refractivity contribution is 5.40. The second-order valence-corrected chi connectivity index (χ2v) is 4.16. The molecule has 0 bridgehead atoms. The third-order valence-electron chi connectivity index (χ3n) is 2.61. The van der Waals surface area contributed by atoms with Crippen LogP contribution >= 0.6 is 0 Å². The van der Waals surface area contributed by atoms with Gasteiger partial charge in [0.05, 0.1) is 11.4 Å². The summed E-state index contributed by atoms with van der Waals surface area (Å²) in [5.41, 5.74) is 7.60. The standard InChI is InChI=1S/C12H22N4/c1-4-5-6-11(7-13)16-12-10(3)14-8-9(2)15-12/h8,11H,4-7,13H2,1-3H3,(H,15,16). The highest BCUT2D eigenvalue weighted by Crippen LogP contribution is 2.12. The molecule has 1 unspecified atom stereocenters. The maximum Gasteiger partial charge on any atom is 0.148 e. The van der Waals surface area contributed by atoms with Crippen molar-refractivity contribution in [3.8, 4) is 0 Å². The van der Waals surface area contributed by atoms with E-state index < -0.39 is 0 Å². The van der Waals surface area contributed by atoms with Gasteiger partial charge in [-0.25, -0.2) is 4.98 Å². The summed E-state index contributed by atoms with van der Waals surface area (Å²) in [6, 6.07) is 0.301. The minimum absolute atomic E-state index is 0.301. The van der Waals surface area contributed by atoms with Gasteiger partial charge in [-0.2, -0.15) is 0 Å². The van der Waals surface area contributed by atoms with Crippen molar-refractivity contribution in [3.05, 3.63) is 17.6 Å². The first-order valence-corrected chi connectivity index (χ1v) is 5.94. The third-order valence-corrected chi connectivity index (χ3v) is 2.61. The van der Waals surface area contributed by atoms with Crippen molar-refractivity contribution in [2.45, 2.75) is 46.1 Å². The third kappa shape index (κ3) is 3.77. The van der Waals surface area contributed by atoms with Crippen molar-refractivity contribution >= 4 is 5.82 Å². The highest BCUT2D eigenvalue weighted by Gasteiger charge is 2.09. The Balaban J connectivity index is 2.65. The van der Waals surface area contributed by atoms with Crippen LogP contribution < -0.4 is 11.1 Å². The normalized spacial score (nSPS) is 12.5. The van der Waals surface area contributed by atoms with Crippen molar-refractivity contribution in [3.63, 3.8) is 0 Å². The molecule has 0 amide bonds. The van der Waals surface area contributed by atoms with Crippen LogP contribution in [-0.2, 0) is 0 Å². The summed E-state index contributed by atoms with van der Waals surface area (Å²) in [6.45, 7) is 6.73. The fraction of sp³-hybridized carbons (Fsp3) is 0.667. The predicted molar refractivity (Wildman–Crippen MR) is 67.5 cm³/mol. The number of nitrogens with two attached hydrogens (primary N) is 1. The lowest BCUT2D eigenvalue weighted by Crippen LogP contribution is -2.29. The summed E-state index contributed by atoms with van der Waals surface area (Å²) < 4.78 is 0. The molecule has 1 aromatic heterocycles. The van der Waals surface area contributed by atoms with Crippen LogP contribution in [0.25, 0.3) is 0 Å². The molecular weight excluding hydrogens is 200 g/mol. The van der Waals surface area contributed by atoms with Crippen LogP contribution in [0.5, 0.6) is 0 Å². The topological polar surface area (TPSA) is 63.8 Å². The Hall–Kier alpha value is -1.16. The molecule has 0 saturated carbocycles. The minimum atomic E-state index is 0.301. The molecule has 16 heavy (non-hydrogen) atoms. The average Bonchev–Trinajstić information content (AvgIpc) is 2.28. The first-order valence-electron chi connectivity index (χ1n) is 5.94. The van der Waals surface area contributed by atoms with Crippen molar-refractivity contribution in [2.24, 2.45) is 5.73 Å². The number of hydrogen-bond acceptors (Lipinski definition) is 4. The zero-order chi connectivity index (χ0) is 12.0. The summed E-state index contributed by atoms with van der Waals surface area (Å²) in [5, 5.41) is 3.37. The van der Waals surface area contributed by atoms with Crippen molar-refractivity contribution < 1.29 is 0 Å². The lowest BCUT2D eigenvalue weighted by atomic mass is 10.1. The number of aryl methyl sites for hydroxylation is 2. The van der Waals surface area contributed by atoms with Crippen LogP contribution in [-0.4, -0.2) is 22.6 Å². The molecule has 1 heterocycles. The summed E-state index contributed by atoms with van der Waals surface area (Å²) >= 11 is 0. The molecule has 1 aromatic rings. The van der Waals surface area contributed by atoms with E-state index in [2.05, 4.69) is 22.2 Å². The van der Waals surface area contributed by atoms with Gasteiger partial charge in [0.2, 0.25) is 0 Å². The second-order valence-electron chi connectivity index (χ2n) is 4.16. The minimum Gasteiger partial charge on any atom is -0.365 e. The Morgan fingerprint density at radius 2 is 2.19 bits per heavy atom. The van der Waals surface area contributed by atoms with E-state index in [1.165, 1.54) is 12.8 Å². The number of nitrogens with zero attached hydrogens (tertiary/aromatic N) is 2.